The number of imidazole rings is 1. The molecule has 0 bridgehead atoms. The average Bonchev–Trinajstić information content (AvgIpc) is 3.18. The first-order chi connectivity index (χ1) is 10.3. The number of rotatable bonds is 5. The van der Waals surface area contributed by atoms with Gasteiger partial charge < -0.3 is 9.88 Å². The van der Waals surface area contributed by atoms with E-state index in [-0.39, 0.29) is 0 Å². The van der Waals surface area contributed by atoms with E-state index >= 15 is 0 Å². The van der Waals surface area contributed by atoms with Crippen LogP contribution in [0, 0.1) is 0 Å². The van der Waals surface area contributed by atoms with Crippen LogP contribution in [0.25, 0.3) is 0 Å². The molecule has 0 saturated heterocycles. The number of nitrogens with one attached hydrogen (secondary N) is 1. The highest BCUT2D eigenvalue weighted by Crippen LogP contribution is 2.31. The molecule has 0 amide bonds. The molecule has 1 fully saturated rings. The van der Waals surface area contributed by atoms with Crippen LogP contribution in [0.3, 0.4) is 0 Å². The van der Waals surface area contributed by atoms with Gasteiger partial charge in [-0.3, -0.25) is 0 Å². The fourth-order valence-electron chi connectivity index (χ4n) is 3.42. The van der Waals surface area contributed by atoms with Gasteiger partial charge >= 0.3 is 0 Å². The van der Waals surface area contributed by atoms with E-state index in [1.54, 1.807) is 0 Å². The standard InChI is InChI=1S/C18H25N3/c1-3-15-7-9-16(10-8-15)14(2)20-17-5-4-6-18(17)21-12-11-19-13-21/h7-14,17-18,20H,3-6H2,1-2H3. The zero-order valence-electron chi connectivity index (χ0n) is 13.0. The summed E-state index contributed by atoms with van der Waals surface area (Å²) in [4.78, 5) is 4.19. The minimum atomic E-state index is 0.394. The summed E-state index contributed by atoms with van der Waals surface area (Å²) in [5.74, 6) is 0. The van der Waals surface area contributed by atoms with Gasteiger partial charge in [0.2, 0.25) is 0 Å². The highest BCUT2D eigenvalue weighted by atomic mass is 15.1. The Labute approximate surface area is 127 Å². The van der Waals surface area contributed by atoms with Gasteiger partial charge in [0.15, 0.2) is 0 Å². The number of nitrogens with zero attached hydrogens (tertiary/aromatic N) is 2. The molecule has 3 nitrogen and oxygen atoms in total. The lowest BCUT2D eigenvalue weighted by Gasteiger charge is -2.26. The first-order valence-electron chi connectivity index (χ1n) is 8.10. The van der Waals surface area contributed by atoms with Gasteiger partial charge in [-0.1, -0.05) is 31.2 Å². The summed E-state index contributed by atoms with van der Waals surface area (Å²) in [5, 5.41) is 3.82. The molecule has 3 atom stereocenters. The second kappa shape index (κ2) is 6.44. The molecule has 1 N–H and O–H groups in total. The number of hydrogen-bond acceptors (Lipinski definition) is 2. The van der Waals surface area contributed by atoms with Crippen molar-refractivity contribution in [2.45, 2.75) is 57.7 Å². The summed E-state index contributed by atoms with van der Waals surface area (Å²) in [5.41, 5.74) is 2.78. The normalized spacial score (nSPS) is 23.3. The summed E-state index contributed by atoms with van der Waals surface area (Å²) < 4.78 is 2.26. The largest absolute Gasteiger partial charge is 0.333 e. The van der Waals surface area contributed by atoms with Gasteiger partial charge in [0.1, 0.15) is 0 Å². The van der Waals surface area contributed by atoms with E-state index < -0.39 is 0 Å². The highest BCUT2D eigenvalue weighted by molar-refractivity contribution is 5.24. The minimum absolute atomic E-state index is 0.394. The maximum absolute atomic E-state index is 4.19. The summed E-state index contributed by atoms with van der Waals surface area (Å²) >= 11 is 0. The van der Waals surface area contributed by atoms with Crippen LogP contribution in [0.5, 0.6) is 0 Å². The minimum Gasteiger partial charge on any atom is -0.333 e. The van der Waals surface area contributed by atoms with Gasteiger partial charge in [-0.05, 0) is 43.7 Å². The third kappa shape index (κ3) is 3.18. The molecule has 1 aliphatic carbocycles. The van der Waals surface area contributed by atoms with Crippen molar-refractivity contribution in [3.05, 3.63) is 54.1 Å². The van der Waals surface area contributed by atoms with Crippen LogP contribution in [-0.4, -0.2) is 15.6 Å². The third-order valence-electron chi connectivity index (χ3n) is 4.74. The van der Waals surface area contributed by atoms with Crippen LogP contribution in [0.1, 0.15) is 56.3 Å². The molecule has 0 radical (unpaired) electrons. The molecule has 3 rings (SSSR count). The van der Waals surface area contributed by atoms with Crippen molar-refractivity contribution in [2.24, 2.45) is 0 Å². The quantitative estimate of drug-likeness (QED) is 0.902. The summed E-state index contributed by atoms with van der Waals surface area (Å²) in [7, 11) is 0. The van der Waals surface area contributed by atoms with Gasteiger partial charge in [-0.25, -0.2) is 4.98 Å². The van der Waals surface area contributed by atoms with Crippen LogP contribution < -0.4 is 5.32 Å². The summed E-state index contributed by atoms with van der Waals surface area (Å²) in [6.45, 7) is 4.47. The molecule has 3 unspecified atom stereocenters. The van der Waals surface area contributed by atoms with Crippen molar-refractivity contribution in [3.8, 4) is 0 Å². The lowest BCUT2D eigenvalue weighted by atomic mass is 10.0. The monoisotopic (exact) mass is 283 g/mol. The van der Waals surface area contributed by atoms with Gasteiger partial charge in [0.05, 0.1) is 6.33 Å². The van der Waals surface area contributed by atoms with E-state index in [0.29, 0.717) is 18.1 Å². The number of hydrogen-bond donors (Lipinski definition) is 1. The molecular formula is C18H25N3. The van der Waals surface area contributed by atoms with E-state index in [1.807, 2.05) is 12.5 Å². The van der Waals surface area contributed by atoms with Crippen LogP contribution in [0.4, 0.5) is 0 Å². The topological polar surface area (TPSA) is 29.9 Å². The Morgan fingerprint density at radius 2 is 2.10 bits per heavy atom. The Bertz CT molecular complexity index is 544. The molecule has 0 spiro atoms. The molecular weight excluding hydrogens is 258 g/mol. The zero-order valence-corrected chi connectivity index (χ0v) is 13.0. The Balaban J connectivity index is 1.67. The van der Waals surface area contributed by atoms with Gasteiger partial charge in [0, 0.05) is 30.5 Å². The fourth-order valence-corrected chi connectivity index (χ4v) is 3.42. The molecule has 2 aromatic rings. The van der Waals surface area contributed by atoms with Gasteiger partial charge in [-0.2, -0.15) is 0 Å². The van der Waals surface area contributed by atoms with Crippen molar-refractivity contribution in [1.29, 1.82) is 0 Å². The number of aryl methyl sites for hydroxylation is 1. The van der Waals surface area contributed by atoms with E-state index in [0.717, 1.165) is 6.42 Å². The number of benzene rings is 1. The zero-order chi connectivity index (χ0) is 14.7. The SMILES string of the molecule is CCc1ccc(C(C)NC2CCCC2n2ccnc2)cc1. The third-order valence-corrected chi connectivity index (χ3v) is 4.74. The highest BCUT2D eigenvalue weighted by Gasteiger charge is 2.29. The first-order valence-corrected chi connectivity index (χ1v) is 8.10. The lowest BCUT2D eigenvalue weighted by Crippen LogP contribution is -2.35. The van der Waals surface area contributed by atoms with Crippen LogP contribution >= 0.6 is 0 Å². The Morgan fingerprint density at radius 3 is 2.76 bits per heavy atom. The Kier molecular flexibility index (Phi) is 4.39. The van der Waals surface area contributed by atoms with Crippen molar-refractivity contribution in [2.75, 3.05) is 0 Å². The number of aromatic nitrogens is 2. The maximum atomic E-state index is 4.19. The molecule has 0 aliphatic heterocycles. The molecule has 1 aromatic heterocycles. The predicted molar refractivity (Wildman–Crippen MR) is 86.3 cm³/mol. The van der Waals surface area contributed by atoms with Crippen molar-refractivity contribution >= 4 is 0 Å². The molecule has 1 heterocycles. The molecule has 3 heteroatoms. The van der Waals surface area contributed by atoms with Crippen LogP contribution in [0.2, 0.25) is 0 Å². The fraction of sp³-hybridized carbons (Fsp3) is 0.500. The first kappa shape index (κ1) is 14.3. The molecule has 1 saturated carbocycles. The maximum Gasteiger partial charge on any atom is 0.0949 e. The molecule has 112 valence electrons. The molecule has 21 heavy (non-hydrogen) atoms. The Hall–Kier alpha value is -1.61. The van der Waals surface area contributed by atoms with Gasteiger partial charge in [0.25, 0.3) is 0 Å². The lowest BCUT2D eigenvalue weighted by molar-refractivity contribution is 0.362. The summed E-state index contributed by atoms with van der Waals surface area (Å²) in [6, 6.07) is 10.5. The van der Waals surface area contributed by atoms with Crippen molar-refractivity contribution in [1.82, 2.24) is 14.9 Å². The second-order valence-electron chi connectivity index (χ2n) is 6.10. The molecule has 1 aliphatic rings. The summed E-state index contributed by atoms with van der Waals surface area (Å²) in [6.07, 6.45) is 10.8. The van der Waals surface area contributed by atoms with E-state index in [9.17, 15) is 0 Å². The van der Waals surface area contributed by atoms with E-state index in [4.69, 9.17) is 0 Å². The predicted octanol–water partition coefficient (Wildman–Crippen LogP) is 3.89. The average molecular weight is 283 g/mol. The smallest absolute Gasteiger partial charge is 0.0949 e. The van der Waals surface area contributed by atoms with Crippen LogP contribution in [-0.2, 0) is 6.42 Å². The molecule has 1 aromatic carbocycles. The van der Waals surface area contributed by atoms with E-state index in [1.165, 1.54) is 30.4 Å². The van der Waals surface area contributed by atoms with Gasteiger partial charge in [-0.15, -0.1) is 0 Å². The van der Waals surface area contributed by atoms with Crippen LogP contribution in [0.15, 0.2) is 43.0 Å². The van der Waals surface area contributed by atoms with E-state index in [2.05, 4.69) is 59.2 Å². The van der Waals surface area contributed by atoms with Crippen molar-refractivity contribution < 1.29 is 0 Å². The van der Waals surface area contributed by atoms with Crippen molar-refractivity contribution in [3.63, 3.8) is 0 Å². The Morgan fingerprint density at radius 1 is 1.29 bits per heavy atom. The second-order valence-corrected chi connectivity index (χ2v) is 6.10.